The largest absolute Gasteiger partial charge is 0.300 e. The summed E-state index contributed by atoms with van der Waals surface area (Å²) in [5, 5.41) is 0. The molecule has 0 bridgehead atoms. The van der Waals surface area contributed by atoms with E-state index in [1.807, 2.05) is 0 Å². The molecule has 3 atom stereocenters. The van der Waals surface area contributed by atoms with Crippen molar-refractivity contribution in [3.05, 3.63) is 0 Å². The van der Waals surface area contributed by atoms with Crippen LogP contribution in [-0.2, 0) is 4.79 Å². The lowest BCUT2D eigenvalue weighted by Gasteiger charge is -2.38. The number of ketones is 1. The van der Waals surface area contributed by atoms with Crippen molar-refractivity contribution < 1.29 is 4.79 Å². The lowest BCUT2D eigenvalue weighted by atomic mass is 9.66. The van der Waals surface area contributed by atoms with E-state index in [0.717, 1.165) is 31.1 Å². The molecule has 14 heavy (non-hydrogen) atoms. The first-order valence-electron chi connectivity index (χ1n) is 6.12. The maximum Gasteiger partial charge on any atom is 0.133 e. The third kappa shape index (κ3) is 1.87. The van der Waals surface area contributed by atoms with Crippen LogP contribution >= 0.6 is 0 Å². The van der Waals surface area contributed by atoms with Crippen molar-refractivity contribution >= 4 is 5.78 Å². The first-order valence-corrected chi connectivity index (χ1v) is 6.12. The SMILES string of the molecule is CC1CCCC(C2(C)CCC(=O)C2)C1. The fourth-order valence-electron chi connectivity index (χ4n) is 3.47. The Labute approximate surface area is 87.3 Å². The van der Waals surface area contributed by atoms with E-state index in [-0.39, 0.29) is 0 Å². The molecule has 0 aromatic heterocycles. The molecule has 2 rings (SSSR count). The highest BCUT2D eigenvalue weighted by Gasteiger charge is 2.41. The Kier molecular flexibility index (Phi) is 2.68. The molecule has 0 N–H and O–H groups in total. The Bertz CT molecular complexity index is 233. The minimum absolute atomic E-state index is 0.367. The van der Waals surface area contributed by atoms with Gasteiger partial charge >= 0.3 is 0 Å². The van der Waals surface area contributed by atoms with Gasteiger partial charge in [0.2, 0.25) is 0 Å². The highest BCUT2D eigenvalue weighted by molar-refractivity contribution is 5.81. The van der Waals surface area contributed by atoms with Crippen molar-refractivity contribution in [2.75, 3.05) is 0 Å². The van der Waals surface area contributed by atoms with E-state index in [0.29, 0.717) is 11.2 Å². The molecule has 2 fully saturated rings. The van der Waals surface area contributed by atoms with Crippen LogP contribution in [0.15, 0.2) is 0 Å². The molecule has 1 nitrogen and oxygen atoms in total. The van der Waals surface area contributed by atoms with Crippen molar-refractivity contribution in [3.63, 3.8) is 0 Å². The second-order valence-electron chi connectivity index (χ2n) is 5.84. The summed E-state index contributed by atoms with van der Waals surface area (Å²) in [4.78, 5) is 11.4. The van der Waals surface area contributed by atoms with E-state index in [9.17, 15) is 4.79 Å². The lowest BCUT2D eigenvalue weighted by molar-refractivity contribution is -0.118. The Morgan fingerprint density at radius 1 is 1.36 bits per heavy atom. The summed E-state index contributed by atoms with van der Waals surface area (Å²) in [6.45, 7) is 4.72. The van der Waals surface area contributed by atoms with Gasteiger partial charge in [0, 0.05) is 12.8 Å². The van der Waals surface area contributed by atoms with Crippen LogP contribution in [0.25, 0.3) is 0 Å². The van der Waals surface area contributed by atoms with Gasteiger partial charge in [-0.1, -0.05) is 26.7 Å². The third-order valence-electron chi connectivity index (χ3n) is 4.50. The lowest BCUT2D eigenvalue weighted by Crippen LogP contribution is -2.29. The molecular formula is C13H22O. The van der Waals surface area contributed by atoms with Gasteiger partial charge in [0.05, 0.1) is 0 Å². The van der Waals surface area contributed by atoms with Crippen LogP contribution in [0, 0.1) is 17.3 Å². The molecule has 0 aliphatic heterocycles. The van der Waals surface area contributed by atoms with Crippen molar-refractivity contribution in [1.82, 2.24) is 0 Å². The van der Waals surface area contributed by atoms with Gasteiger partial charge in [-0.05, 0) is 36.5 Å². The minimum atomic E-state index is 0.367. The standard InChI is InChI=1S/C13H22O/c1-10-4-3-5-11(8-10)13(2)7-6-12(14)9-13/h10-11H,3-9H2,1-2H3. The molecule has 80 valence electrons. The molecule has 0 aromatic carbocycles. The fourth-order valence-corrected chi connectivity index (χ4v) is 3.47. The maximum atomic E-state index is 11.4. The van der Waals surface area contributed by atoms with Crippen LogP contribution in [0.2, 0.25) is 0 Å². The Morgan fingerprint density at radius 2 is 2.14 bits per heavy atom. The topological polar surface area (TPSA) is 17.1 Å². The predicted octanol–water partition coefficient (Wildman–Crippen LogP) is 3.57. The maximum absolute atomic E-state index is 11.4. The van der Waals surface area contributed by atoms with Crippen molar-refractivity contribution in [3.8, 4) is 0 Å². The summed E-state index contributed by atoms with van der Waals surface area (Å²) in [5.74, 6) is 2.23. The van der Waals surface area contributed by atoms with E-state index in [1.54, 1.807) is 0 Å². The molecule has 0 amide bonds. The molecule has 3 unspecified atom stereocenters. The van der Waals surface area contributed by atoms with E-state index in [4.69, 9.17) is 0 Å². The summed E-state index contributed by atoms with van der Waals surface area (Å²) in [6, 6.07) is 0. The van der Waals surface area contributed by atoms with Crippen molar-refractivity contribution in [2.24, 2.45) is 17.3 Å². The summed E-state index contributed by atoms with van der Waals surface area (Å²) in [7, 11) is 0. The van der Waals surface area contributed by atoms with Gasteiger partial charge in [0.1, 0.15) is 5.78 Å². The van der Waals surface area contributed by atoms with E-state index in [1.165, 1.54) is 25.7 Å². The Morgan fingerprint density at radius 3 is 2.71 bits per heavy atom. The van der Waals surface area contributed by atoms with Gasteiger partial charge < -0.3 is 0 Å². The summed E-state index contributed by atoms with van der Waals surface area (Å²) < 4.78 is 0. The average Bonchev–Trinajstić information content (AvgIpc) is 2.48. The van der Waals surface area contributed by atoms with Crippen LogP contribution in [0.5, 0.6) is 0 Å². The Hall–Kier alpha value is -0.330. The second kappa shape index (κ2) is 3.67. The van der Waals surface area contributed by atoms with Gasteiger partial charge in [-0.25, -0.2) is 0 Å². The molecule has 0 saturated heterocycles. The summed E-state index contributed by atoms with van der Waals surface area (Å²) >= 11 is 0. The van der Waals surface area contributed by atoms with Crippen LogP contribution in [-0.4, -0.2) is 5.78 Å². The van der Waals surface area contributed by atoms with Gasteiger partial charge in [-0.15, -0.1) is 0 Å². The molecular weight excluding hydrogens is 172 g/mol. The van der Waals surface area contributed by atoms with Crippen molar-refractivity contribution in [2.45, 2.75) is 58.8 Å². The van der Waals surface area contributed by atoms with Gasteiger partial charge in [0.15, 0.2) is 0 Å². The van der Waals surface area contributed by atoms with E-state index in [2.05, 4.69) is 13.8 Å². The summed E-state index contributed by atoms with van der Waals surface area (Å²) in [6.07, 6.45) is 8.39. The van der Waals surface area contributed by atoms with Gasteiger partial charge in [-0.3, -0.25) is 4.79 Å². The van der Waals surface area contributed by atoms with E-state index < -0.39 is 0 Å². The zero-order chi connectivity index (χ0) is 10.2. The number of carbonyl (C=O) groups excluding carboxylic acids is 1. The van der Waals surface area contributed by atoms with Gasteiger partial charge in [-0.2, -0.15) is 0 Å². The second-order valence-corrected chi connectivity index (χ2v) is 5.84. The normalized spacial score (nSPS) is 44.3. The summed E-state index contributed by atoms with van der Waals surface area (Å²) in [5.41, 5.74) is 0.367. The average molecular weight is 194 g/mol. The minimum Gasteiger partial charge on any atom is -0.300 e. The first-order chi connectivity index (χ1) is 6.60. The molecule has 2 saturated carbocycles. The van der Waals surface area contributed by atoms with Gasteiger partial charge in [0.25, 0.3) is 0 Å². The molecule has 0 radical (unpaired) electrons. The Balaban J connectivity index is 2.02. The molecule has 0 heterocycles. The van der Waals surface area contributed by atoms with Crippen LogP contribution in [0.3, 0.4) is 0 Å². The number of carbonyl (C=O) groups is 1. The number of rotatable bonds is 1. The molecule has 2 aliphatic rings. The highest BCUT2D eigenvalue weighted by atomic mass is 16.1. The monoisotopic (exact) mass is 194 g/mol. The number of hydrogen-bond donors (Lipinski definition) is 0. The number of hydrogen-bond acceptors (Lipinski definition) is 1. The smallest absolute Gasteiger partial charge is 0.133 e. The van der Waals surface area contributed by atoms with Crippen LogP contribution in [0.1, 0.15) is 58.8 Å². The number of Topliss-reactive ketones (excluding diaryl/α,β-unsaturated/α-hetero) is 1. The fraction of sp³-hybridized carbons (Fsp3) is 0.923. The zero-order valence-electron chi connectivity index (χ0n) is 9.51. The molecule has 0 aromatic rings. The molecule has 2 aliphatic carbocycles. The van der Waals surface area contributed by atoms with Crippen LogP contribution in [0.4, 0.5) is 0 Å². The quantitative estimate of drug-likeness (QED) is 0.623. The molecule has 1 heteroatoms. The highest BCUT2D eigenvalue weighted by Crippen LogP contribution is 2.48. The predicted molar refractivity (Wildman–Crippen MR) is 58.1 cm³/mol. The third-order valence-corrected chi connectivity index (χ3v) is 4.50. The van der Waals surface area contributed by atoms with Crippen LogP contribution < -0.4 is 0 Å². The molecule has 0 spiro atoms. The zero-order valence-corrected chi connectivity index (χ0v) is 9.51. The van der Waals surface area contributed by atoms with E-state index >= 15 is 0 Å². The van der Waals surface area contributed by atoms with Crippen molar-refractivity contribution in [1.29, 1.82) is 0 Å². The first kappa shape index (κ1) is 10.2.